The average Bonchev–Trinajstić information content (AvgIpc) is 3.14. The molecule has 0 saturated carbocycles. The van der Waals surface area contributed by atoms with Crippen LogP contribution in [0.2, 0.25) is 0 Å². The van der Waals surface area contributed by atoms with E-state index < -0.39 is 22.5 Å². The first kappa shape index (κ1) is 19.5. The molecule has 10 heteroatoms. The van der Waals surface area contributed by atoms with Crippen LogP contribution in [-0.2, 0) is 14.8 Å². The Morgan fingerprint density at radius 1 is 1.31 bits per heavy atom. The van der Waals surface area contributed by atoms with Crippen molar-refractivity contribution >= 4 is 22.1 Å². The van der Waals surface area contributed by atoms with E-state index in [1.807, 2.05) is 0 Å². The fourth-order valence-corrected chi connectivity index (χ4v) is 3.30. The zero-order valence-corrected chi connectivity index (χ0v) is 15.3. The number of amides is 1. The molecule has 1 N–H and O–H groups in total. The minimum atomic E-state index is -3.98. The maximum atomic E-state index is 12.7. The van der Waals surface area contributed by atoms with Crippen molar-refractivity contribution in [3.05, 3.63) is 42.4 Å². The molecule has 0 bridgehead atoms. The van der Waals surface area contributed by atoms with Crippen molar-refractivity contribution in [1.82, 2.24) is 9.73 Å². The smallest absolute Gasteiger partial charge is 0.255 e. The van der Waals surface area contributed by atoms with Gasteiger partial charge in [0, 0.05) is 13.1 Å². The van der Waals surface area contributed by atoms with Crippen molar-refractivity contribution < 1.29 is 27.1 Å². The van der Waals surface area contributed by atoms with Crippen molar-refractivity contribution in [3.8, 4) is 11.5 Å². The van der Waals surface area contributed by atoms with Crippen molar-refractivity contribution in [3.63, 3.8) is 0 Å². The molecule has 1 aromatic heterocycles. The van der Waals surface area contributed by atoms with Crippen LogP contribution in [0.5, 0.6) is 11.5 Å². The number of nitrogens with one attached hydrogen (secondary N) is 1. The Kier molecular flexibility index (Phi) is 6.36. The highest BCUT2D eigenvalue weighted by molar-refractivity contribution is 7.89. The predicted octanol–water partition coefficient (Wildman–Crippen LogP) is 1.07. The number of hydrogen-bond donors (Lipinski definition) is 1. The van der Waals surface area contributed by atoms with Crippen LogP contribution in [-0.4, -0.2) is 52.7 Å². The van der Waals surface area contributed by atoms with Gasteiger partial charge >= 0.3 is 0 Å². The van der Waals surface area contributed by atoms with Crippen LogP contribution in [0, 0.1) is 0 Å². The Hall–Kier alpha value is -2.85. The van der Waals surface area contributed by atoms with Crippen molar-refractivity contribution in [2.75, 3.05) is 27.8 Å². The molecule has 1 heterocycles. The number of hydrazone groups is 1. The second-order valence-electron chi connectivity index (χ2n) is 5.09. The Morgan fingerprint density at radius 3 is 2.69 bits per heavy atom. The third-order valence-electron chi connectivity index (χ3n) is 3.35. The van der Waals surface area contributed by atoms with E-state index >= 15 is 0 Å². The quantitative estimate of drug-likeness (QED) is 0.541. The summed E-state index contributed by atoms with van der Waals surface area (Å²) in [7, 11) is 0.0823. The van der Waals surface area contributed by atoms with Gasteiger partial charge in [0.1, 0.15) is 22.2 Å². The summed E-state index contributed by atoms with van der Waals surface area (Å²) in [5.41, 5.74) is 2.24. The standard InChI is InChI=1S/C16H19N3O6S/c1-19(11-16(20)18-17-10-13-5-4-8-25-13)26(21,22)15-9-12(23-2)6-7-14(15)24-3/h4-10H,11H2,1-3H3,(H,18,20)/b17-10+. The maximum absolute atomic E-state index is 12.7. The predicted molar refractivity (Wildman–Crippen MR) is 93.8 cm³/mol. The summed E-state index contributed by atoms with van der Waals surface area (Å²) in [6, 6.07) is 7.71. The minimum absolute atomic E-state index is 0.103. The third-order valence-corrected chi connectivity index (χ3v) is 5.17. The van der Waals surface area contributed by atoms with Gasteiger partial charge in [-0.05, 0) is 24.3 Å². The summed E-state index contributed by atoms with van der Waals surface area (Å²) in [5, 5.41) is 3.70. The molecule has 1 aromatic carbocycles. The minimum Gasteiger partial charge on any atom is -0.497 e. The molecule has 0 radical (unpaired) electrons. The molecule has 0 fully saturated rings. The van der Waals surface area contributed by atoms with Gasteiger partial charge in [0.2, 0.25) is 10.0 Å². The van der Waals surface area contributed by atoms with Crippen LogP contribution in [0.1, 0.15) is 5.76 Å². The SMILES string of the molecule is COc1ccc(OC)c(S(=O)(=O)N(C)CC(=O)N/N=C/c2ccco2)c1. The highest BCUT2D eigenvalue weighted by atomic mass is 32.2. The van der Waals surface area contributed by atoms with Crippen molar-refractivity contribution in [1.29, 1.82) is 0 Å². The number of benzene rings is 1. The summed E-state index contributed by atoms with van der Waals surface area (Å²) < 4.78 is 41.5. The molecule has 1 amide bonds. The number of carbonyl (C=O) groups excluding carboxylic acids is 1. The number of methoxy groups -OCH3 is 2. The lowest BCUT2D eigenvalue weighted by molar-refractivity contribution is -0.121. The lowest BCUT2D eigenvalue weighted by atomic mass is 10.3. The van der Waals surface area contributed by atoms with Gasteiger partial charge in [-0.1, -0.05) is 0 Å². The zero-order valence-electron chi connectivity index (χ0n) is 14.5. The number of sulfonamides is 1. The number of hydrogen-bond acceptors (Lipinski definition) is 7. The number of rotatable bonds is 8. The summed E-state index contributed by atoms with van der Waals surface area (Å²) in [6.07, 6.45) is 2.77. The molecule has 0 atom stereocenters. The van der Waals surface area contributed by atoms with E-state index in [1.165, 1.54) is 45.9 Å². The highest BCUT2D eigenvalue weighted by Gasteiger charge is 2.27. The molecule has 140 valence electrons. The largest absolute Gasteiger partial charge is 0.497 e. The number of likely N-dealkylation sites (N-methyl/N-ethyl adjacent to an activating group) is 1. The molecule has 0 saturated heterocycles. The Bertz CT molecular complexity index is 877. The van der Waals surface area contributed by atoms with E-state index in [4.69, 9.17) is 13.9 Å². The van der Waals surface area contributed by atoms with Gasteiger partial charge in [-0.15, -0.1) is 0 Å². The first-order valence-electron chi connectivity index (χ1n) is 7.42. The summed E-state index contributed by atoms with van der Waals surface area (Å²) in [6.45, 7) is -0.432. The van der Waals surface area contributed by atoms with E-state index in [-0.39, 0.29) is 10.6 Å². The van der Waals surface area contributed by atoms with E-state index in [0.29, 0.717) is 11.5 Å². The normalized spacial score (nSPS) is 11.7. The van der Waals surface area contributed by atoms with Crippen LogP contribution in [0.3, 0.4) is 0 Å². The topological polar surface area (TPSA) is 110 Å². The van der Waals surface area contributed by atoms with Crippen LogP contribution < -0.4 is 14.9 Å². The molecule has 0 spiro atoms. The number of ether oxygens (including phenoxy) is 2. The van der Waals surface area contributed by atoms with Gasteiger partial charge in [-0.3, -0.25) is 4.79 Å². The van der Waals surface area contributed by atoms with Crippen LogP contribution in [0.25, 0.3) is 0 Å². The van der Waals surface area contributed by atoms with Crippen molar-refractivity contribution in [2.24, 2.45) is 5.10 Å². The van der Waals surface area contributed by atoms with E-state index in [2.05, 4.69) is 10.5 Å². The molecular weight excluding hydrogens is 362 g/mol. The average molecular weight is 381 g/mol. The Morgan fingerprint density at radius 2 is 2.08 bits per heavy atom. The van der Waals surface area contributed by atoms with Gasteiger partial charge in [-0.2, -0.15) is 9.41 Å². The van der Waals surface area contributed by atoms with Gasteiger partial charge in [0.05, 0.1) is 33.2 Å². The first-order valence-corrected chi connectivity index (χ1v) is 8.86. The second kappa shape index (κ2) is 8.50. The fourth-order valence-electron chi connectivity index (χ4n) is 2.01. The van der Waals surface area contributed by atoms with Gasteiger partial charge in [0.15, 0.2) is 0 Å². The first-order chi connectivity index (χ1) is 12.4. The molecule has 0 aliphatic heterocycles. The van der Waals surface area contributed by atoms with Crippen LogP contribution >= 0.6 is 0 Å². The number of carbonyl (C=O) groups is 1. The van der Waals surface area contributed by atoms with Gasteiger partial charge in [0.25, 0.3) is 5.91 Å². The molecule has 2 aromatic rings. The molecule has 2 rings (SSSR count). The highest BCUT2D eigenvalue weighted by Crippen LogP contribution is 2.29. The monoisotopic (exact) mass is 381 g/mol. The lowest BCUT2D eigenvalue weighted by Crippen LogP contribution is -2.36. The molecular formula is C16H19N3O6S. The third kappa shape index (κ3) is 4.61. The molecule has 0 aliphatic carbocycles. The molecule has 9 nitrogen and oxygen atoms in total. The van der Waals surface area contributed by atoms with Gasteiger partial charge < -0.3 is 13.9 Å². The summed E-state index contributed by atoms with van der Waals surface area (Å²) >= 11 is 0. The zero-order chi connectivity index (χ0) is 19.2. The molecule has 0 aliphatic rings. The van der Waals surface area contributed by atoms with Crippen LogP contribution in [0.15, 0.2) is 51.0 Å². The van der Waals surface area contributed by atoms with E-state index in [9.17, 15) is 13.2 Å². The van der Waals surface area contributed by atoms with Gasteiger partial charge in [-0.25, -0.2) is 13.8 Å². The van der Waals surface area contributed by atoms with Crippen molar-refractivity contribution in [2.45, 2.75) is 4.90 Å². The summed E-state index contributed by atoms with van der Waals surface area (Å²) in [5.74, 6) is 0.340. The number of furan rings is 1. The van der Waals surface area contributed by atoms with E-state index in [1.54, 1.807) is 18.2 Å². The fraction of sp³-hybridized carbons (Fsp3) is 0.250. The van der Waals surface area contributed by atoms with E-state index in [0.717, 1.165) is 4.31 Å². The lowest BCUT2D eigenvalue weighted by Gasteiger charge is -2.18. The number of nitrogens with zero attached hydrogens (tertiary/aromatic N) is 2. The second-order valence-corrected chi connectivity index (χ2v) is 7.10. The molecule has 0 unspecified atom stereocenters. The maximum Gasteiger partial charge on any atom is 0.255 e. The molecule has 26 heavy (non-hydrogen) atoms. The Labute approximate surface area is 151 Å². The van der Waals surface area contributed by atoms with Crippen LogP contribution in [0.4, 0.5) is 0 Å². The summed E-state index contributed by atoms with van der Waals surface area (Å²) in [4.78, 5) is 11.8. The Balaban J connectivity index is 2.10.